The average molecular weight is 629 g/mol. The monoisotopic (exact) mass is 628 g/mol. The third kappa shape index (κ3) is 4.17. The lowest BCUT2D eigenvalue weighted by Crippen LogP contribution is -2.09. The van der Waals surface area contributed by atoms with Crippen molar-refractivity contribution < 1.29 is 12.9 Å². The maximum absolute atomic E-state index is 8.51. The number of aryl methyl sites for hydroxylation is 1. The van der Waals surface area contributed by atoms with Crippen LogP contribution >= 0.6 is 0 Å². The highest BCUT2D eigenvalue weighted by molar-refractivity contribution is 6.17. The Morgan fingerprint density at radius 1 is 0.729 bits per heavy atom. The van der Waals surface area contributed by atoms with Crippen LogP contribution in [0.1, 0.15) is 60.3 Å². The Labute approximate surface area is 282 Å². The van der Waals surface area contributed by atoms with Crippen LogP contribution in [0.4, 0.5) is 0 Å². The number of hydrogen-bond donors (Lipinski definition) is 0. The summed E-state index contributed by atoms with van der Waals surface area (Å²) in [4.78, 5) is 9.83. The van der Waals surface area contributed by atoms with Crippen LogP contribution in [0.5, 0.6) is 0 Å². The van der Waals surface area contributed by atoms with E-state index in [1.54, 1.807) is 6.07 Å². The first-order valence-electron chi connectivity index (χ1n) is 18.0. The number of oxazole rings is 1. The highest BCUT2D eigenvalue weighted by Crippen LogP contribution is 2.45. The van der Waals surface area contributed by atoms with E-state index in [4.69, 9.17) is 17.9 Å². The van der Waals surface area contributed by atoms with Crippen LogP contribution in [0.25, 0.3) is 83.0 Å². The van der Waals surface area contributed by atoms with Crippen LogP contribution < -0.4 is 0 Å². The van der Waals surface area contributed by atoms with Gasteiger partial charge in [0.2, 0.25) is 0 Å². The Kier molecular flexibility index (Phi) is 5.65. The Morgan fingerprint density at radius 2 is 1.50 bits per heavy atom. The van der Waals surface area contributed by atoms with E-state index in [0.717, 1.165) is 33.1 Å². The Hall–Kier alpha value is -5.68. The highest BCUT2D eigenvalue weighted by Gasteiger charge is 2.27. The highest BCUT2D eigenvalue weighted by atomic mass is 16.3. The first kappa shape index (κ1) is 25.4. The lowest BCUT2D eigenvalue weighted by Gasteiger charge is -2.24. The topological polar surface area (TPSA) is 57.0 Å². The van der Waals surface area contributed by atoms with Gasteiger partial charge in [0.25, 0.3) is 0 Å². The van der Waals surface area contributed by atoms with Gasteiger partial charge in [-0.2, -0.15) is 0 Å². The number of furan rings is 1. The zero-order chi connectivity index (χ0) is 35.2. The molecule has 0 aliphatic heterocycles. The minimum absolute atomic E-state index is 0.172. The lowest BCUT2D eigenvalue weighted by atomic mass is 9.88. The molecule has 3 heterocycles. The van der Waals surface area contributed by atoms with Gasteiger partial charge in [0.05, 0.1) is 22.3 Å². The van der Waals surface area contributed by atoms with Crippen molar-refractivity contribution in [3.05, 3.63) is 126 Å². The van der Waals surface area contributed by atoms with E-state index in [9.17, 15) is 0 Å². The molecule has 0 fully saturated rings. The van der Waals surface area contributed by atoms with Crippen LogP contribution in [0.3, 0.4) is 0 Å². The molecule has 0 radical (unpaired) electrons. The average Bonchev–Trinajstić information content (AvgIpc) is 3.86. The molecular weight excluding hydrogens is 590 g/mol. The summed E-state index contributed by atoms with van der Waals surface area (Å²) in [6.07, 6.45) is 1.38. The molecule has 0 bridgehead atoms. The summed E-state index contributed by atoms with van der Waals surface area (Å²) < 4.78 is 40.2. The van der Waals surface area contributed by atoms with E-state index in [1.165, 1.54) is 23.1 Å². The van der Waals surface area contributed by atoms with Crippen LogP contribution in [0.2, 0.25) is 0 Å². The molecule has 6 aromatic carbocycles. The fourth-order valence-corrected chi connectivity index (χ4v) is 7.29. The number of fused-ring (bicyclic) bond motifs is 8. The molecule has 0 N–H and O–H groups in total. The second kappa shape index (κ2) is 10.7. The van der Waals surface area contributed by atoms with Gasteiger partial charge in [-0.05, 0) is 88.3 Å². The number of imidazole rings is 1. The second-order valence-electron chi connectivity index (χ2n) is 13.2. The first-order chi connectivity index (χ1) is 24.6. The minimum Gasteiger partial charge on any atom is -0.453 e. The molecule has 0 saturated heterocycles. The van der Waals surface area contributed by atoms with Gasteiger partial charge in [-0.3, -0.25) is 4.57 Å². The molecule has 0 amide bonds. The fourth-order valence-electron chi connectivity index (χ4n) is 7.29. The van der Waals surface area contributed by atoms with Gasteiger partial charge < -0.3 is 8.83 Å². The van der Waals surface area contributed by atoms with E-state index in [0.29, 0.717) is 44.4 Å². The lowest BCUT2D eigenvalue weighted by molar-refractivity contribution is 0.602. The zero-order valence-corrected chi connectivity index (χ0v) is 27.2. The molecule has 0 atom stereocenters. The predicted molar refractivity (Wildman–Crippen MR) is 197 cm³/mol. The molecule has 5 nitrogen and oxygen atoms in total. The molecule has 3 aromatic heterocycles. The molecular formula is C43H35N3O2. The molecule has 0 aliphatic rings. The molecule has 5 heteroatoms. The number of rotatable bonds is 5. The SMILES string of the molecule is [2H]C([2H])([2H])c1ccc(-c2nc3ccc4ccccc4c3n2-c2c(C(C)C)cc(-c3ccccc3)cc2C(C)C)c2oc3c(ccc4ocnc43)c12. The molecule has 9 aromatic rings. The molecule has 0 saturated carbocycles. The summed E-state index contributed by atoms with van der Waals surface area (Å²) in [7, 11) is 0. The number of nitrogens with zero attached hydrogens (tertiary/aromatic N) is 3. The van der Waals surface area contributed by atoms with Crippen molar-refractivity contribution in [2.45, 2.75) is 46.4 Å². The molecule has 48 heavy (non-hydrogen) atoms. The summed E-state index contributed by atoms with van der Waals surface area (Å²) in [6, 6.07) is 35.0. The molecule has 9 rings (SSSR count). The van der Waals surface area contributed by atoms with Gasteiger partial charge in [-0.1, -0.05) is 94.4 Å². The standard InChI is InChI=1S/C43H35N3O2/c1-24(2)33-21-29(27-11-7-6-8-12-27)22-34(25(3)4)39(33)46-40-30-14-10-9-13-28(30)16-19-35(40)45-43(46)32-17-15-26(5)37-31-18-20-36-38(44-23-47-36)42(31)48-41(32)37/h6-25H,1-5H3/i5D3. The van der Waals surface area contributed by atoms with Crippen molar-refractivity contribution in [3.8, 4) is 28.2 Å². The fraction of sp³-hybridized carbons (Fsp3) is 0.163. The zero-order valence-electron chi connectivity index (χ0n) is 30.2. The third-order valence-corrected chi connectivity index (χ3v) is 9.61. The van der Waals surface area contributed by atoms with E-state index in [-0.39, 0.29) is 17.4 Å². The van der Waals surface area contributed by atoms with Crippen LogP contribution in [0, 0.1) is 6.85 Å². The predicted octanol–water partition coefficient (Wildman–Crippen LogP) is 12.1. The van der Waals surface area contributed by atoms with Crippen molar-refractivity contribution in [1.82, 2.24) is 14.5 Å². The maximum Gasteiger partial charge on any atom is 0.182 e. The quantitative estimate of drug-likeness (QED) is 0.190. The van der Waals surface area contributed by atoms with Gasteiger partial charge >= 0.3 is 0 Å². The van der Waals surface area contributed by atoms with Crippen LogP contribution in [-0.2, 0) is 0 Å². The largest absolute Gasteiger partial charge is 0.453 e. The minimum atomic E-state index is -2.38. The van der Waals surface area contributed by atoms with E-state index >= 15 is 0 Å². The molecule has 0 unspecified atom stereocenters. The van der Waals surface area contributed by atoms with Gasteiger partial charge in [0.1, 0.15) is 11.4 Å². The Balaban J connectivity index is 1.47. The van der Waals surface area contributed by atoms with Gasteiger partial charge in [0.15, 0.2) is 23.1 Å². The third-order valence-electron chi connectivity index (χ3n) is 9.61. The van der Waals surface area contributed by atoms with Crippen molar-refractivity contribution in [3.63, 3.8) is 0 Å². The normalized spacial score (nSPS) is 13.4. The van der Waals surface area contributed by atoms with E-state index in [2.05, 4.69) is 110 Å². The van der Waals surface area contributed by atoms with Crippen molar-refractivity contribution in [1.29, 1.82) is 0 Å². The van der Waals surface area contributed by atoms with E-state index in [1.807, 2.05) is 24.3 Å². The summed E-state index contributed by atoms with van der Waals surface area (Å²) >= 11 is 0. The van der Waals surface area contributed by atoms with Crippen LogP contribution in [-0.4, -0.2) is 14.5 Å². The number of hydrogen-bond acceptors (Lipinski definition) is 4. The van der Waals surface area contributed by atoms with E-state index < -0.39 is 6.85 Å². The number of aromatic nitrogens is 3. The summed E-state index contributed by atoms with van der Waals surface area (Å²) in [5.41, 5.74) is 10.6. The van der Waals surface area contributed by atoms with Gasteiger partial charge in [-0.25, -0.2) is 9.97 Å². The summed E-state index contributed by atoms with van der Waals surface area (Å²) in [5, 5.41) is 3.39. The first-order valence-corrected chi connectivity index (χ1v) is 16.5. The number of benzene rings is 6. The Morgan fingerprint density at radius 3 is 2.27 bits per heavy atom. The molecule has 0 spiro atoms. The molecule has 0 aliphatic carbocycles. The summed E-state index contributed by atoms with van der Waals surface area (Å²) in [6.45, 7) is 6.56. The second-order valence-corrected chi connectivity index (χ2v) is 13.2. The molecule has 234 valence electrons. The van der Waals surface area contributed by atoms with Crippen molar-refractivity contribution >= 4 is 54.8 Å². The maximum atomic E-state index is 8.51. The smallest absolute Gasteiger partial charge is 0.182 e. The van der Waals surface area contributed by atoms with Crippen molar-refractivity contribution in [2.24, 2.45) is 0 Å². The van der Waals surface area contributed by atoms with Gasteiger partial charge in [-0.15, -0.1) is 0 Å². The van der Waals surface area contributed by atoms with Crippen LogP contribution in [0.15, 0.2) is 118 Å². The summed E-state index contributed by atoms with van der Waals surface area (Å²) in [5.74, 6) is 1.02. The van der Waals surface area contributed by atoms with Crippen molar-refractivity contribution in [2.75, 3.05) is 0 Å². The van der Waals surface area contributed by atoms with Gasteiger partial charge in [0, 0.05) is 20.3 Å². The Bertz CT molecular complexity index is 2780.